The Balaban J connectivity index is 1.50. The van der Waals surface area contributed by atoms with Gasteiger partial charge in [0.05, 0.1) is 12.2 Å². The van der Waals surface area contributed by atoms with Gasteiger partial charge in [0, 0.05) is 25.2 Å². The Morgan fingerprint density at radius 2 is 2.16 bits per heavy atom. The van der Waals surface area contributed by atoms with Crippen LogP contribution in [-0.4, -0.2) is 26.0 Å². The second-order valence-electron chi connectivity index (χ2n) is 7.14. The van der Waals surface area contributed by atoms with E-state index in [4.69, 9.17) is 4.52 Å². The molecule has 2 N–H and O–H groups in total. The molecule has 0 aliphatic heterocycles. The highest BCUT2D eigenvalue weighted by Gasteiger charge is 2.41. The molecule has 2 aliphatic carbocycles. The fourth-order valence-corrected chi connectivity index (χ4v) is 4.14. The summed E-state index contributed by atoms with van der Waals surface area (Å²) in [6.45, 7) is 1.77. The molecule has 2 amide bonds. The van der Waals surface area contributed by atoms with Gasteiger partial charge in [-0.05, 0) is 32.1 Å². The minimum Gasteiger partial charge on any atom is -0.340 e. The zero-order chi connectivity index (χ0) is 17.4. The maximum absolute atomic E-state index is 12.7. The lowest BCUT2D eigenvalue weighted by molar-refractivity contribution is 0.215. The number of carbonyl (C=O) groups excluding carboxylic acids is 1. The topological polar surface area (TPSA) is 97.9 Å². The molecule has 2 aliphatic rings. The molecule has 0 radical (unpaired) electrons. The summed E-state index contributed by atoms with van der Waals surface area (Å²) in [5, 5.41) is 14.7. The normalized spacial score (nSPS) is 21.8. The summed E-state index contributed by atoms with van der Waals surface area (Å²) in [6, 6.07) is -0.172. The zero-order valence-corrected chi connectivity index (χ0v) is 14.7. The Morgan fingerprint density at radius 3 is 2.88 bits per heavy atom. The molecule has 4 rings (SSSR count). The molecule has 1 fully saturated rings. The molecule has 8 nitrogen and oxygen atoms in total. The van der Waals surface area contributed by atoms with Crippen molar-refractivity contribution in [2.24, 2.45) is 7.05 Å². The van der Waals surface area contributed by atoms with Crippen LogP contribution in [0.5, 0.6) is 0 Å². The van der Waals surface area contributed by atoms with Gasteiger partial charge in [0.25, 0.3) is 0 Å². The van der Waals surface area contributed by atoms with Gasteiger partial charge in [0.1, 0.15) is 5.54 Å². The molecule has 0 bridgehead atoms. The maximum Gasteiger partial charge on any atom is 0.316 e. The maximum atomic E-state index is 12.7. The Kier molecular flexibility index (Phi) is 3.97. The average molecular weight is 344 g/mol. The van der Waals surface area contributed by atoms with Gasteiger partial charge in [-0.15, -0.1) is 0 Å². The second kappa shape index (κ2) is 6.16. The summed E-state index contributed by atoms with van der Waals surface area (Å²) in [7, 11) is 1.95. The summed E-state index contributed by atoms with van der Waals surface area (Å²) in [5.74, 6) is 1.11. The number of fused-ring (bicyclic) bond motifs is 1. The lowest BCUT2D eigenvalue weighted by Crippen LogP contribution is -2.50. The van der Waals surface area contributed by atoms with Gasteiger partial charge in [-0.1, -0.05) is 18.0 Å². The van der Waals surface area contributed by atoms with E-state index in [1.807, 2.05) is 17.9 Å². The van der Waals surface area contributed by atoms with Crippen molar-refractivity contribution in [1.82, 2.24) is 30.6 Å². The van der Waals surface area contributed by atoms with Crippen molar-refractivity contribution >= 4 is 6.03 Å². The lowest BCUT2D eigenvalue weighted by atomic mass is 9.93. The third-order valence-electron chi connectivity index (χ3n) is 5.45. The van der Waals surface area contributed by atoms with Crippen LogP contribution in [0.1, 0.15) is 67.5 Å². The predicted molar refractivity (Wildman–Crippen MR) is 89.7 cm³/mol. The van der Waals surface area contributed by atoms with E-state index in [0.29, 0.717) is 11.7 Å². The molecule has 0 aromatic carbocycles. The molecule has 8 heteroatoms. The number of aromatic nitrogens is 4. The van der Waals surface area contributed by atoms with Gasteiger partial charge >= 0.3 is 6.03 Å². The van der Waals surface area contributed by atoms with Crippen LogP contribution in [0, 0.1) is 6.92 Å². The minimum absolute atomic E-state index is 0.00269. The van der Waals surface area contributed by atoms with E-state index >= 15 is 0 Å². The Bertz CT molecular complexity index is 774. The van der Waals surface area contributed by atoms with Crippen molar-refractivity contribution in [3.05, 3.63) is 29.2 Å². The van der Waals surface area contributed by atoms with Crippen molar-refractivity contribution < 1.29 is 9.32 Å². The van der Waals surface area contributed by atoms with E-state index in [9.17, 15) is 4.79 Å². The van der Waals surface area contributed by atoms with Crippen molar-refractivity contribution in [2.75, 3.05) is 0 Å². The first kappa shape index (κ1) is 16.1. The number of urea groups is 1. The van der Waals surface area contributed by atoms with Crippen molar-refractivity contribution in [2.45, 2.75) is 63.5 Å². The van der Waals surface area contributed by atoms with E-state index in [-0.39, 0.29) is 12.1 Å². The van der Waals surface area contributed by atoms with E-state index in [2.05, 4.69) is 25.9 Å². The van der Waals surface area contributed by atoms with Gasteiger partial charge in [0.2, 0.25) is 5.89 Å². The number of nitrogens with zero attached hydrogens (tertiary/aromatic N) is 4. The SMILES string of the molecule is Cc1nc(C2(NC(=O)N[C@@H]3CCCc4c3cnn4C)CCCC2)no1. The van der Waals surface area contributed by atoms with Crippen LogP contribution in [0.4, 0.5) is 4.79 Å². The van der Waals surface area contributed by atoms with Crippen LogP contribution in [0.2, 0.25) is 0 Å². The molecule has 1 atom stereocenters. The molecule has 0 spiro atoms. The van der Waals surface area contributed by atoms with Crippen LogP contribution in [0.3, 0.4) is 0 Å². The first-order valence-electron chi connectivity index (χ1n) is 8.98. The van der Waals surface area contributed by atoms with E-state index in [1.54, 1.807) is 6.92 Å². The van der Waals surface area contributed by atoms with Gasteiger partial charge in [-0.25, -0.2) is 4.79 Å². The highest BCUT2D eigenvalue weighted by molar-refractivity contribution is 5.75. The van der Waals surface area contributed by atoms with Crippen molar-refractivity contribution in [1.29, 1.82) is 0 Å². The number of amides is 2. The minimum atomic E-state index is -0.520. The molecule has 2 aromatic heterocycles. The summed E-state index contributed by atoms with van der Waals surface area (Å²) in [4.78, 5) is 17.1. The molecule has 1 saturated carbocycles. The van der Waals surface area contributed by atoms with E-state index in [1.165, 1.54) is 5.69 Å². The van der Waals surface area contributed by atoms with E-state index in [0.717, 1.165) is 50.5 Å². The fraction of sp³-hybridized carbons (Fsp3) is 0.647. The van der Waals surface area contributed by atoms with Crippen molar-refractivity contribution in [3.8, 4) is 0 Å². The Labute approximate surface area is 146 Å². The molecule has 0 unspecified atom stereocenters. The number of rotatable bonds is 3. The van der Waals surface area contributed by atoms with Gasteiger partial charge in [0.15, 0.2) is 5.82 Å². The number of hydrogen-bond donors (Lipinski definition) is 2. The summed E-state index contributed by atoms with van der Waals surface area (Å²) < 4.78 is 7.04. The van der Waals surface area contributed by atoms with Gasteiger partial charge < -0.3 is 15.2 Å². The fourth-order valence-electron chi connectivity index (χ4n) is 4.14. The largest absolute Gasteiger partial charge is 0.340 e. The second-order valence-corrected chi connectivity index (χ2v) is 7.14. The average Bonchev–Trinajstić information content (AvgIpc) is 3.30. The standard InChI is InChI=1S/C17H24N6O2/c1-11-19-15(22-25-11)17(8-3-4-9-17)21-16(24)20-13-6-5-7-14-12(13)10-18-23(14)2/h10,13H,3-9H2,1-2H3,(H2,20,21,24)/t13-/m1/s1. The van der Waals surface area contributed by atoms with Crippen LogP contribution in [-0.2, 0) is 19.0 Å². The lowest BCUT2D eigenvalue weighted by Gasteiger charge is -2.29. The highest BCUT2D eigenvalue weighted by atomic mass is 16.5. The molecule has 25 heavy (non-hydrogen) atoms. The van der Waals surface area contributed by atoms with Crippen LogP contribution >= 0.6 is 0 Å². The number of nitrogens with one attached hydrogen (secondary N) is 2. The molecular weight excluding hydrogens is 320 g/mol. The van der Waals surface area contributed by atoms with Crippen LogP contribution in [0.25, 0.3) is 0 Å². The first-order chi connectivity index (χ1) is 12.1. The molecule has 2 aromatic rings. The zero-order valence-electron chi connectivity index (χ0n) is 14.7. The highest BCUT2D eigenvalue weighted by Crippen LogP contribution is 2.37. The third kappa shape index (κ3) is 2.89. The predicted octanol–water partition coefficient (Wildman–Crippen LogP) is 2.26. The quantitative estimate of drug-likeness (QED) is 0.890. The number of hydrogen-bond acceptors (Lipinski definition) is 5. The van der Waals surface area contributed by atoms with Crippen LogP contribution in [0.15, 0.2) is 10.7 Å². The molecule has 0 saturated heterocycles. The molecule has 2 heterocycles. The number of carbonyl (C=O) groups is 1. The van der Waals surface area contributed by atoms with Crippen LogP contribution < -0.4 is 10.6 Å². The number of aryl methyl sites for hydroxylation is 2. The third-order valence-corrected chi connectivity index (χ3v) is 5.45. The van der Waals surface area contributed by atoms with Crippen molar-refractivity contribution in [3.63, 3.8) is 0 Å². The smallest absolute Gasteiger partial charge is 0.316 e. The van der Waals surface area contributed by atoms with E-state index < -0.39 is 5.54 Å². The Hall–Kier alpha value is -2.38. The summed E-state index contributed by atoms with van der Waals surface area (Å²) in [5.41, 5.74) is 1.81. The Morgan fingerprint density at radius 1 is 1.36 bits per heavy atom. The molecular formula is C17H24N6O2. The van der Waals surface area contributed by atoms with Gasteiger partial charge in [-0.3, -0.25) is 4.68 Å². The summed E-state index contributed by atoms with van der Waals surface area (Å²) in [6.07, 6.45) is 8.62. The van der Waals surface area contributed by atoms with Gasteiger partial charge in [-0.2, -0.15) is 10.1 Å². The monoisotopic (exact) mass is 344 g/mol. The molecule has 134 valence electrons. The summed E-state index contributed by atoms with van der Waals surface area (Å²) >= 11 is 0. The first-order valence-corrected chi connectivity index (χ1v) is 8.98.